The predicted molar refractivity (Wildman–Crippen MR) is 67.1 cm³/mol. The summed E-state index contributed by atoms with van der Waals surface area (Å²) in [6, 6.07) is 0. The van der Waals surface area contributed by atoms with Crippen molar-refractivity contribution < 1.29 is 4.74 Å². The second-order valence-corrected chi connectivity index (χ2v) is 4.67. The van der Waals surface area contributed by atoms with E-state index < -0.39 is 0 Å². The molecule has 1 saturated heterocycles. The summed E-state index contributed by atoms with van der Waals surface area (Å²) in [5.41, 5.74) is 1.14. The largest absolute Gasteiger partial charge is 0.374 e. The van der Waals surface area contributed by atoms with Crippen LogP contribution in [0.2, 0.25) is 0 Å². The Morgan fingerprint density at radius 3 is 3.24 bits per heavy atom. The topological polar surface area (TPSA) is 42.3 Å². The molecular weight excluding hydrogens is 216 g/mol. The van der Waals surface area contributed by atoms with E-state index in [4.69, 9.17) is 4.74 Å². The van der Waals surface area contributed by atoms with Crippen molar-refractivity contribution in [3.05, 3.63) is 18.2 Å². The van der Waals surface area contributed by atoms with Gasteiger partial charge in [-0.25, -0.2) is 4.98 Å². The molecule has 1 unspecified atom stereocenters. The van der Waals surface area contributed by atoms with E-state index in [-0.39, 0.29) is 0 Å². The number of nitrogens with zero attached hydrogens (tertiary/aromatic N) is 3. The summed E-state index contributed by atoms with van der Waals surface area (Å²) in [6.07, 6.45) is 5.30. The molecule has 0 radical (unpaired) electrons. The number of aromatic nitrogens is 2. The van der Waals surface area contributed by atoms with Gasteiger partial charge in [0.05, 0.1) is 31.3 Å². The Hall–Kier alpha value is -0.910. The van der Waals surface area contributed by atoms with E-state index in [0.717, 1.165) is 44.9 Å². The van der Waals surface area contributed by atoms with Crippen molar-refractivity contribution in [2.45, 2.75) is 19.1 Å². The Morgan fingerprint density at radius 1 is 1.59 bits per heavy atom. The van der Waals surface area contributed by atoms with Gasteiger partial charge in [-0.3, -0.25) is 0 Å². The van der Waals surface area contributed by atoms with E-state index in [1.165, 1.54) is 0 Å². The van der Waals surface area contributed by atoms with Crippen LogP contribution in [0.5, 0.6) is 0 Å². The molecule has 17 heavy (non-hydrogen) atoms. The third kappa shape index (κ3) is 3.80. The fraction of sp³-hybridized carbons (Fsp3) is 0.750. The van der Waals surface area contributed by atoms with Crippen molar-refractivity contribution >= 4 is 0 Å². The average Bonchev–Trinajstić information content (AvgIpc) is 2.74. The van der Waals surface area contributed by atoms with Crippen molar-refractivity contribution in [1.29, 1.82) is 0 Å². The maximum atomic E-state index is 5.74. The zero-order valence-electron chi connectivity index (χ0n) is 10.7. The maximum Gasteiger partial charge on any atom is 0.0950 e. The molecule has 0 saturated carbocycles. The Balaban J connectivity index is 1.83. The van der Waals surface area contributed by atoms with Crippen LogP contribution in [0.3, 0.4) is 0 Å². The molecule has 0 aromatic carbocycles. The molecule has 0 aliphatic carbocycles. The summed E-state index contributed by atoms with van der Waals surface area (Å²) in [7, 11) is 4.10. The molecule has 1 aromatic heterocycles. The molecule has 0 bridgehead atoms. The van der Waals surface area contributed by atoms with Crippen LogP contribution in [0.15, 0.2) is 12.5 Å². The predicted octanol–water partition coefficient (Wildman–Crippen LogP) is -0.0244. The first-order chi connectivity index (χ1) is 8.28. The molecule has 5 nitrogen and oxygen atoms in total. The second-order valence-electron chi connectivity index (χ2n) is 4.67. The molecule has 1 fully saturated rings. The number of nitrogens with one attached hydrogen (secondary N) is 1. The minimum Gasteiger partial charge on any atom is -0.374 e. The van der Waals surface area contributed by atoms with Gasteiger partial charge in [-0.05, 0) is 14.1 Å². The lowest BCUT2D eigenvalue weighted by atomic mass is 10.3. The summed E-state index contributed by atoms with van der Waals surface area (Å²) in [4.78, 5) is 6.70. The van der Waals surface area contributed by atoms with E-state index in [0.29, 0.717) is 6.10 Å². The molecular formula is C12H22N4O. The number of hydrogen-bond acceptors (Lipinski definition) is 4. The molecule has 2 heterocycles. The van der Waals surface area contributed by atoms with Crippen molar-refractivity contribution in [2.75, 3.05) is 40.3 Å². The quantitative estimate of drug-likeness (QED) is 0.782. The van der Waals surface area contributed by atoms with Crippen LogP contribution in [-0.4, -0.2) is 60.9 Å². The van der Waals surface area contributed by atoms with Gasteiger partial charge < -0.3 is 19.5 Å². The van der Waals surface area contributed by atoms with Gasteiger partial charge in [0, 0.05) is 32.3 Å². The van der Waals surface area contributed by atoms with Crippen LogP contribution in [-0.2, 0) is 17.7 Å². The molecule has 1 aliphatic rings. The molecule has 2 rings (SSSR count). The smallest absolute Gasteiger partial charge is 0.0950 e. The summed E-state index contributed by atoms with van der Waals surface area (Å²) in [5, 5.41) is 3.13. The van der Waals surface area contributed by atoms with Gasteiger partial charge in [0.15, 0.2) is 0 Å². The number of rotatable bonds is 5. The minimum atomic E-state index is 0.292. The standard InChI is InChI=1S/C12H22N4O/c1-13-4-3-11-7-16(10-14-11)9-12-8-15(2)5-6-17-12/h7,10,12-13H,3-6,8-9H2,1-2H3. The van der Waals surface area contributed by atoms with Crippen LogP contribution < -0.4 is 5.32 Å². The first-order valence-corrected chi connectivity index (χ1v) is 6.23. The fourth-order valence-electron chi connectivity index (χ4n) is 2.10. The zero-order chi connectivity index (χ0) is 12.1. The highest BCUT2D eigenvalue weighted by atomic mass is 16.5. The Morgan fingerprint density at radius 2 is 2.47 bits per heavy atom. The highest BCUT2D eigenvalue weighted by Crippen LogP contribution is 2.06. The second kappa shape index (κ2) is 6.14. The van der Waals surface area contributed by atoms with Crippen LogP contribution in [0.25, 0.3) is 0 Å². The molecule has 5 heteroatoms. The zero-order valence-corrected chi connectivity index (χ0v) is 10.7. The van der Waals surface area contributed by atoms with Crippen molar-refractivity contribution in [3.63, 3.8) is 0 Å². The van der Waals surface area contributed by atoms with Crippen molar-refractivity contribution in [2.24, 2.45) is 0 Å². The van der Waals surface area contributed by atoms with Gasteiger partial charge in [0.2, 0.25) is 0 Å². The van der Waals surface area contributed by atoms with Gasteiger partial charge >= 0.3 is 0 Å². The molecule has 1 atom stereocenters. The van der Waals surface area contributed by atoms with Crippen LogP contribution in [0, 0.1) is 0 Å². The highest BCUT2D eigenvalue weighted by molar-refractivity contribution is 4.97. The van der Waals surface area contributed by atoms with Crippen molar-refractivity contribution in [1.82, 2.24) is 19.8 Å². The lowest BCUT2D eigenvalue weighted by Gasteiger charge is -2.30. The summed E-state index contributed by atoms with van der Waals surface area (Å²) in [5.74, 6) is 0. The first kappa shape index (κ1) is 12.5. The lowest BCUT2D eigenvalue weighted by Crippen LogP contribution is -2.41. The number of likely N-dealkylation sites (N-methyl/N-ethyl adjacent to an activating group) is 2. The third-order valence-corrected chi connectivity index (χ3v) is 3.07. The van der Waals surface area contributed by atoms with Crippen LogP contribution >= 0.6 is 0 Å². The monoisotopic (exact) mass is 238 g/mol. The van der Waals surface area contributed by atoms with Gasteiger partial charge in [-0.2, -0.15) is 0 Å². The molecule has 96 valence electrons. The number of imidazole rings is 1. The van der Waals surface area contributed by atoms with E-state index in [2.05, 4.69) is 33.0 Å². The summed E-state index contributed by atoms with van der Waals surface area (Å²) in [6.45, 7) is 4.75. The molecule has 0 amide bonds. The van der Waals surface area contributed by atoms with E-state index in [1.54, 1.807) is 0 Å². The van der Waals surface area contributed by atoms with Crippen LogP contribution in [0.4, 0.5) is 0 Å². The molecule has 0 spiro atoms. The summed E-state index contributed by atoms with van der Waals surface area (Å²) >= 11 is 0. The Bertz CT molecular complexity index is 339. The SMILES string of the molecule is CNCCc1cn(CC2CN(C)CCO2)cn1. The lowest BCUT2D eigenvalue weighted by molar-refractivity contribution is -0.0274. The van der Waals surface area contributed by atoms with E-state index in [1.807, 2.05) is 13.4 Å². The van der Waals surface area contributed by atoms with Crippen molar-refractivity contribution in [3.8, 4) is 0 Å². The van der Waals surface area contributed by atoms with Gasteiger partial charge in [-0.1, -0.05) is 0 Å². The summed E-state index contributed by atoms with van der Waals surface area (Å²) < 4.78 is 7.87. The highest BCUT2D eigenvalue weighted by Gasteiger charge is 2.17. The first-order valence-electron chi connectivity index (χ1n) is 6.23. The Labute approximate surface area is 103 Å². The Kier molecular flexibility index (Phi) is 4.53. The number of hydrogen-bond donors (Lipinski definition) is 1. The average molecular weight is 238 g/mol. The fourth-order valence-corrected chi connectivity index (χ4v) is 2.10. The van der Waals surface area contributed by atoms with Gasteiger partial charge in [0.25, 0.3) is 0 Å². The third-order valence-electron chi connectivity index (χ3n) is 3.07. The normalized spacial score (nSPS) is 21.9. The number of ether oxygens (including phenoxy) is 1. The molecule has 1 aromatic rings. The maximum absolute atomic E-state index is 5.74. The van der Waals surface area contributed by atoms with Gasteiger partial charge in [-0.15, -0.1) is 0 Å². The van der Waals surface area contributed by atoms with E-state index in [9.17, 15) is 0 Å². The van der Waals surface area contributed by atoms with Crippen LogP contribution in [0.1, 0.15) is 5.69 Å². The van der Waals surface area contributed by atoms with Gasteiger partial charge in [0.1, 0.15) is 0 Å². The molecule has 1 N–H and O–H groups in total. The molecule has 1 aliphatic heterocycles. The number of morpholine rings is 1. The minimum absolute atomic E-state index is 0.292. The van der Waals surface area contributed by atoms with E-state index >= 15 is 0 Å².